The van der Waals surface area contributed by atoms with Gasteiger partial charge in [-0.1, -0.05) is 57.8 Å². The van der Waals surface area contributed by atoms with Crippen LogP contribution in [0, 0.1) is 0 Å². The molecule has 0 aromatic rings. The topological polar surface area (TPSA) is 46.3 Å². The van der Waals surface area contributed by atoms with Gasteiger partial charge in [0.2, 0.25) is 0 Å². The molecule has 0 radical (unpaired) electrons. The SMILES string of the molecule is NC(=O)N1CCCCCCCCCCCCC1. The highest BCUT2D eigenvalue weighted by Crippen LogP contribution is 2.13. The van der Waals surface area contributed by atoms with Crippen LogP contribution >= 0.6 is 0 Å². The van der Waals surface area contributed by atoms with Crippen LogP contribution in [-0.4, -0.2) is 24.0 Å². The van der Waals surface area contributed by atoms with Crippen molar-refractivity contribution in [2.24, 2.45) is 5.73 Å². The van der Waals surface area contributed by atoms with Crippen LogP contribution in [0.15, 0.2) is 0 Å². The molecule has 3 nitrogen and oxygen atoms in total. The average molecular weight is 240 g/mol. The van der Waals surface area contributed by atoms with E-state index in [0.717, 1.165) is 25.9 Å². The molecule has 3 heteroatoms. The molecule has 1 aliphatic rings. The van der Waals surface area contributed by atoms with Crippen molar-refractivity contribution in [3.8, 4) is 0 Å². The molecule has 100 valence electrons. The van der Waals surface area contributed by atoms with Crippen LogP contribution in [0.25, 0.3) is 0 Å². The summed E-state index contributed by atoms with van der Waals surface area (Å²) in [7, 11) is 0. The van der Waals surface area contributed by atoms with E-state index in [0.29, 0.717) is 0 Å². The van der Waals surface area contributed by atoms with Crippen molar-refractivity contribution in [2.75, 3.05) is 13.1 Å². The van der Waals surface area contributed by atoms with E-state index in [-0.39, 0.29) is 6.03 Å². The Morgan fingerprint density at radius 3 is 1.24 bits per heavy atom. The molecule has 17 heavy (non-hydrogen) atoms. The maximum atomic E-state index is 11.2. The summed E-state index contributed by atoms with van der Waals surface area (Å²) in [5, 5.41) is 0. The second-order valence-electron chi connectivity index (χ2n) is 5.21. The summed E-state index contributed by atoms with van der Waals surface area (Å²) >= 11 is 0. The van der Waals surface area contributed by atoms with Crippen LogP contribution in [0.3, 0.4) is 0 Å². The Labute approximate surface area is 106 Å². The van der Waals surface area contributed by atoms with Crippen LogP contribution in [0.4, 0.5) is 4.79 Å². The van der Waals surface area contributed by atoms with E-state index in [2.05, 4.69) is 0 Å². The van der Waals surface area contributed by atoms with E-state index in [1.165, 1.54) is 57.8 Å². The predicted octanol–water partition coefficient (Wildman–Crippen LogP) is 3.67. The number of carbonyl (C=O) groups is 1. The van der Waals surface area contributed by atoms with E-state index < -0.39 is 0 Å². The molecule has 0 bridgehead atoms. The minimum Gasteiger partial charge on any atom is -0.351 e. The fraction of sp³-hybridized carbons (Fsp3) is 0.929. The standard InChI is InChI=1S/C14H28N2O/c15-14(17)16-12-10-8-6-4-2-1-3-5-7-9-11-13-16/h1-13H2,(H2,15,17). The molecule has 1 heterocycles. The van der Waals surface area contributed by atoms with Gasteiger partial charge in [0.1, 0.15) is 0 Å². The highest BCUT2D eigenvalue weighted by atomic mass is 16.2. The Kier molecular flexibility index (Phi) is 7.85. The summed E-state index contributed by atoms with van der Waals surface area (Å²) < 4.78 is 0. The largest absolute Gasteiger partial charge is 0.351 e. The van der Waals surface area contributed by atoms with Gasteiger partial charge in [0.25, 0.3) is 0 Å². The normalized spacial score (nSPS) is 21.8. The smallest absolute Gasteiger partial charge is 0.314 e. The van der Waals surface area contributed by atoms with Gasteiger partial charge in [-0.05, 0) is 12.8 Å². The first-order valence-electron chi connectivity index (χ1n) is 7.35. The van der Waals surface area contributed by atoms with Crippen molar-refractivity contribution in [1.82, 2.24) is 4.90 Å². The van der Waals surface area contributed by atoms with Gasteiger partial charge in [-0.2, -0.15) is 0 Å². The number of hydrogen-bond acceptors (Lipinski definition) is 1. The first-order chi connectivity index (χ1) is 8.30. The van der Waals surface area contributed by atoms with Crippen LogP contribution in [-0.2, 0) is 0 Å². The van der Waals surface area contributed by atoms with Crippen molar-refractivity contribution in [3.05, 3.63) is 0 Å². The minimum absolute atomic E-state index is 0.239. The number of carbonyl (C=O) groups excluding carboxylic acids is 1. The van der Waals surface area contributed by atoms with Gasteiger partial charge < -0.3 is 10.6 Å². The summed E-state index contributed by atoms with van der Waals surface area (Å²) in [5.74, 6) is 0. The third kappa shape index (κ3) is 7.24. The van der Waals surface area contributed by atoms with Crippen molar-refractivity contribution in [2.45, 2.75) is 70.6 Å². The van der Waals surface area contributed by atoms with E-state index in [4.69, 9.17) is 5.73 Å². The lowest BCUT2D eigenvalue weighted by molar-refractivity contribution is 0.204. The molecule has 0 aromatic carbocycles. The third-order valence-electron chi connectivity index (χ3n) is 3.67. The van der Waals surface area contributed by atoms with Crippen LogP contribution in [0.1, 0.15) is 70.6 Å². The van der Waals surface area contributed by atoms with E-state index in [9.17, 15) is 4.79 Å². The van der Waals surface area contributed by atoms with Gasteiger partial charge >= 0.3 is 6.03 Å². The molecule has 0 atom stereocenters. The summed E-state index contributed by atoms with van der Waals surface area (Å²) in [6.45, 7) is 1.71. The van der Waals surface area contributed by atoms with E-state index >= 15 is 0 Å². The molecular formula is C14H28N2O. The maximum Gasteiger partial charge on any atom is 0.314 e. The Morgan fingerprint density at radius 2 is 0.941 bits per heavy atom. The lowest BCUT2D eigenvalue weighted by Gasteiger charge is -2.20. The zero-order valence-electron chi connectivity index (χ0n) is 11.1. The minimum atomic E-state index is -0.239. The van der Waals surface area contributed by atoms with E-state index in [1.807, 2.05) is 4.90 Å². The zero-order chi connectivity index (χ0) is 12.3. The first-order valence-corrected chi connectivity index (χ1v) is 7.35. The summed E-state index contributed by atoms with van der Waals surface area (Å²) in [6, 6.07) is -0.239. The Balaban J connectivity index is 2.26. The van der Waals surface area contributed by atoms with Gasteiger partial charge in [-0.15, -0.1) is 0 Å². The molecule has 1 saturated heterocycles. The second kappa shape index (κ2) is 9.32. The second-order valence-corrected chi connectivity index (χ2v) is 5.21. The maximum absolute atomic E-state index is 11.2. The highest BCUT2D eigenvalue weighted by molar-refractivity contribution is 5.71. The van der Waals surface area contributed by atoms with Crippen LogP contribution in [0.2, 0.25) is 0 Å². The van der Waals surface area contributed by atoms with Gasteiger partial charge in [0.15, 0.2) is 0 Å². The van der Waals surface area contributed by atoms with Gasteiger partial charge in [-0.3, -0.25) is 0 Å². The summed E-state index contributed by atoms with van der Waals surface area (Å²) in [4.78, 5) is 13.1. The molecule has 0 aromatic heterocycles. The Hall–Kier alpha value is -0.730. The lowest BCUT2D eigenvalue weighted by Crippen LogP contribution is -2.37. The Bertz CT molecular complexity index is 192. The molecule has 1 aliphatic heterocycles. The number of nitrogens with zero attached hydrogens (tertiary/aromatic N) is 1. The molecule has 0 unspecified atom stereocenters. The molecule has 2 amide bonds. The fourth-order valence-electron chi connectivity index (χ4n) is 2.53. The molecule has 0 spiro atoms. The monoisotopic (exact) mass is 240 g/mol. The van der Waals surface area contributed by atoms with E-state index in [1.54, 1.807) is 0 Å². The van der Waals surface area contributed by atoms with Crippen LogP contribution < -0.4 is 5.73 Å². The number of urea groups is 1. The quantitative estimate of drug-likeness (QED) is 0.690. The average Bonchev–Trinajstić information content (AvgIpc) is 2.31. The predicted molar refractivity (Wildman–Crippen MR) is 71.9 cm³/mol. The van der Waals surface area contributed by atoms with Crippen molar-refractivity contribution >= 4 is 6.03 Å². The van der Waals surface area contributed by atoms with Gasteiger partial charge in [0.05, 0.1) is 0 Å². The van der Waals surface area contributed by atoms with Crippen LogP contribution in [0.5, 0.6) is 0 Å². The van der Waals surface area contributed by atoms with Crippen molar-refractivity contribution in [1.29, 1.82) is 0 Å². The Morgan fingerprint density at radius 1 is 0.647 bits per heavy atom. The lowest BCUT2D eigenvalue weighted by atomic mass is 10.0. The molecule has 1 rings (SSSR count). The summed E-state index contributed by atoms with van der Waals surface area (Å²) in [5.41, 5.74) is 5.39. The molecule has 0 aliphatic carbocycles. The first kappa shape index (κ1) is 14.3. The molecule has 2 N–H and O–H groups in total. The van der Waals surface area contributed by atoms with Gasteiger partial charge in [0, 0.05) is 13.1 Å². The summed E-state index contributed by atoms with van der Waals surface area (Å²) in [6.07, 6.45) is 14.2. The van der Waals surface area contributed by atoms with Crippen molar-refractivity contribution in [3.63, 3.8) is 0 Å². The fourth-order valence-corrected chi connectivity index (χ4v) is 2.53. The number of hydrogen-bond donors (Lipinski definition) is 1. The zero-order valence-corrected chi connectivity index (χ0v) is 11.1. The molecule has 1 fully saturated rings. The molecular weight excluding hydrogens is 212 g/mol. The number of amides is 2. The number of rotatable bonds is 0. The van der Waals surface area contributed by atoms with Crippen molar-refractivity contribution < 1.29 is 4.79 Å². The highest BCUT2D eigenvalue weighted by Gasteiger charge is 2.08. The third-order valence-corrected chi connectivity index (χ3v) is 3.67. The number of nitrogens with two attached hydrogens (primary N) is 1. The van der Waals surface area contributed by atoms with Gasteiger partial charge in [-0.25, -0.2) is 4.79 Å². The number of primary amides is 1. The molecule has 0 saturated carbocycles.